The van der Waals surface area contributed by atoms with Crippen molar-refractivity contribution in [3.8, 4) is 5.88 Å². The Labute approximate surface area is 177 Å². The number of rotatable bonds is 8. The summed E-state index contributed by atoms with van der Waals surface area (Å²) < 4.78 is 37.0. The van der Waals surface area contributed by atoms with Crippen LogP contribution in [0.25, 0.3) is 0 Å². The van der Waals surface area contributed by atoms with E-state index in [1.165, 1.54) is 10.6 Å². The van der Waals surface area contributed by atoms with Gasteiger partial charge in [-0.25, -0.2) is 18.4 Å². The van der Waals surface area contributed by atoms with Crippen LogP contribution in [0.4, 0.5) is 0 Å². The molecule has 11 heteroatoms. The lowest BCUT2D eigenvalue weighted by Gasteiger charge is -2.35. The molecule has 0 bridgehead atoms. The number of hydrogen-bond donors (Lipinski definition) is 1. The molecule has 1 fully saturated rings. The van der Waals surface area contributed by atoms with Gasteiger partial charge in [-0.15, -0.1) is 0 Å². The Balaban J connectivity index is 1.63. The molecule has 0 spiro atoms. The third kappa shape index (κ3) is 5.70. The first-order valence-corrected chi connectivity index (χ1v) is 11.6. The summed E-state index contributed by atoms with van der Waals surface area (Å²) >= 11 is 0. The Hall–Kier alpha value is -2.66. The SMILES string of the molecule is CCNC(=NCc1cccnc1OCC)N1CCN(S(=O)(=O)Cc2ccon2)CC1. The third-order valence-electron chi connectivity index (χ3n) is 4.62. The number of piperazine rings is 1. The van der Waals surface area contributed by atoms with Gasteiger partial charge in [0.05, 0.1) is 18.8 Å². The lowest BCUT2D eigenvalue weighted by Crippen LogP contribution is -2.53. The maximum absolute atomic E-state index is 12.6. The van der Waals surface area contributed by atoms with E-state index in [0.717, 1.165) is 18.1 Å². The first-order chi connectivity index (χ1) is 14.5. The summed E-state index contributed by atoms with van der Waals surface area (Å²) in [4.78, 5) is 11.1. The molecule has 2 aromatic heterocycles. The number of nitrogens with one attached hydrogen (secondary N) is 1. The molecule has 0 saturated carbocycles. The van der Waals surface area contributed by atoms with Crippen molar-refractivity contribution in [1.82, 2.24) is 24.7 Å². The molecular weight excluding hydrogens is 408 g/mol. The molecule has 0 amide bonds. The second kappa shape index (κ2) is 10.4. The van der Waals surface area contributed by atoms with Crippen LogP contribution >= 0.6 is 0 Å². The van der Waals surface area contributed by atoms with E-state index in [2.05, 4.69) is 20.4 Å². The van der Waals surface area contributed by atoms with Gasteiger partial charge in [-0.05, 0) is 19.9 Å². The van der Waals surface area contributed by atoms with E-state index < -0.39 is 10.0 Å². The molecule has 30 heavy (non-hydrogen) atoms. The maximum Gasteiger partial charge on any atom is 0.220 e. The number of guanidine groups is 1. The van der Waals surface area contributed by atoms with Gasteiger partial charge in [-0.2, -0.15) is 4.31 Å². The molecule has 1 aliphatic rings. The zero-order chi connectivity index (χ0) is 21.4. The third-order valence-corrected chi connectivity index (χ3v) is 6.43. The van der Waals surface area contributed by atoms with Gasteiger partial charge in [0.15, 0.2) is 5.96 Å². The summed E-state index contributed by atoms with van der Waals surface area (Å²) in [7, 11) is -3.44. The van der Waals surface area contributed by atoms with Crippen molar-refractivity contribution in [2.24, 2.45) is 4.99 Å². The second-order valence-corrected chi connectivity index (χ2v) is 8.67. The summed E-state index contributed by atoms with van der Waals surface area (Å²) in [5, 5.41) is 6.99. The van der Waals surface area contributed by atoms with Crippen LogP contribution in [0.2, 0.25) is 0 Å². The van der Waals surface area contributed by atoms with E-state index in [1.54, 1.807) is 12.3 Å². The standard InChI is InChI=1S/C19H28N6O4S/c1-3-20-19(22-14-16-6-5-8-21-18(16)28-4-2)24-9-11-25(12-10-24)30(26,27)15-17-7-13-29-23-17/h5-8,13H,3-4,9-12,14-15H2,1-2H3,(H,20,22). The van der Waals surface area contributed by atoms with Gasteiger partial charge in [0.25, 0.3) is 0 Å². The normalized spacial score (nSPS) is 15.9. The van der Waals surface area contributed by atoms with Crippen molar-refractivity contribution in [1.29, 1.82) is 0 Å². The lowest BCUT2D eigenvalue weighted by atomic mass is 10.3. The van der Waals surface area contributed by atoms with Crippen molar-refractivity contribution >= 4 is 16.0 Å². The van der Waals surface area contributed by atoms with Crippen LogP contribution in [0.1, 0.15) is 25.1 Å². The molecule has 2 aromatic rings. The number of pyridine rings is 1. The molecule has 1 N–H and O–H groups in total. The number of nitrogens with zero attached hydrogens (tertiary/aromatic N) is 5. The molecular formula is C19H28N6O4S. The average molecular weight is 437 g/mol. The zero-order valence-corrected chi connectivity index (χ0v) is 18.1. The fourth-order valence-electron chi connectivity index (χ4n) is 3.17. The largest absolute Gasteiger partial charge is 0.478 e. The maximum atomic E-state index is 12.6. The van der Waals surface area contributed by atoms with Crippen molar-refractivity contribution in [2.75, 3.05) is 39.3 Å². The summed E-state index contributed by atoms with van der Waals surface area (Å²) in [6.07, 6.45) is 3.07. The van der Waals surface area contributed by atoms with Crippen molar-refractivity contribution in [3.05, 3.63) is 41.9 Å². The average Bonchev–Trinajstić information content (AvgIpc) is 3.25. The highest BCUT2D eigenvalue weighted by molar-refractivity contribution is 7.88. The van der Waals surface area contributed by atoms with Gasteiger partial charge in [-0.3, -0.25) is 0 Å². The molecule has 164 valence electrons. The van der Waals surface area contributed by atoms with Gasteiger partial charge in [0, 0.05) is 50.6 Å². The molecule has 1 aliphatic heterocycles. The molecule has 0 unspecified atom stereocenters. The Bertz CT molecular complexity index is 924. The highest BCUT2D eigenvalue weighted by atomic mass is 32.2. The van der Waals surface area contributed by atoms with Crippen molar-refractivity contribution in [3.63, 3.8) is 0 Å². The minimum atomic E-state index is -3.44. The van der Waals surface area contributed by atoms with E-state index in [0.29, 0.717) is 50.9 Å². The molecule has 3 heterocycles. The van der Waals surface area contributed by atoms with Crippen LogP contribution in [0.15, 0.2) is 40.2 Å². The van der Waals surface area contributed by atoms with Crippen LogP contribution in [-0.4, -0.2) is 73.1 Å². The van der Waals surface area contributed by atoms with E-state index >= 15 is 0 Å². The minimum Gasteiger partial charge on any atom is -0.478 e. The fraction of sp³-hybridized carbons (Fsp3) is 0.526. The van der Waals surface area contributed by atoms with Crippen LogP contribution in [0, 0.1) is 0 Å². The van der Waals surface area contributed by atoms with Gasteiger partial charge < -0.3 is 19.5 Å². The highest BCUT2D eigenvalue weighted by Gasteiger charge is 2.29. The van der Waals surface area contributed by atoms with Gasteiger partial charge in [0.2, 0.25) is 15.9 Å². The molecule has 0 radical (unpaired) electrons. The Morgan fingerprint density at radius 3 is 2.73 bits per heavy atom. The van der Waals surface area contributed by atoms with E-state index in [1.807, 2.05) is 26.0 Å². The molecule has 0 aromatic carbocycles. The summed E-state index contributed by atoms with van der Waals surface area (Å²) in [6, 6.07) is 5.37. The minimum absolute atomic E-state index is 0.154. The zero-order valence-electron chi connectivity index (χ0n) is 17.3. The number of aliphatic imine (C=N–C) groups is 1. The van der Waals surface area contributed by atoms with Crippen molar-refractivity contribution in [2.45, 2.75) is 26.1 Å². The first kappa shape index (κ1) is 22.0. The Kier molecular flexibility index (Phi) is 7.63. The lowest BCUT2D eigenvalue weighted by molar-refractivity contribution is 0.259. The van der Waals surface area contributed by atoms with E-state index in [4.69, 9.17) is 14.3 Å². The Morgan fingerprint density at radius 2 is 2.07 bits per heavy atom. The van der Waals surface area contributed by atoms with Crippen LogP contribution in [0.5, 0.6) is 5.88 Å². The molecule has 3 rings (SSSR count). The van der Waals surface area contributed by atoms with Crippen molar-refractivity contribution < 1.29 is 17.7 Å². The monoisotopic (exact) mass is 436 g/mol. The second-order valence-electron chi connectivity index (χ2n) is 6.70. The molecule has 0 aliphatic carbocycles. The van der Waals surface area contributed by atoms with Crippen LogP contribution < -0.4 is 10.1 Å². The highest BCUT2D eigenvalue weighted by Crippen LogP contribution is 2.16. The predicted octanol–water partition coefficient (Wildman–Crippen LogP) is 1.08. The van der Waals surface area contributed by atoms with E-state index in [9.17, 15) is 8.42 Å². The van der Waals surface area contributed by atoms with Crippen LogP contribution in [0.3, 0.4) is 0 Å². The number of aromatic nitrogens is 2. The summed E-state index contributed by atoms with van der Waals surface area (Å²) in [5.41, 5.74) is 1.32. The van der Waals surface area contributed by atoms with E-state index in [-0.39, 0.29) is 5.75 Å². The van der Waals surface area contributed by atoms with Gasteiger partial charge in [0.1, 0.15) is 12.0 Å². The summed E-state index contributed by atoms with van der Waals surface area (Å²) in [5.74, 6) is 1.18. The molecule has 0 atom stereocenters. The smallest absolute Gasteiger partial charge is 0.220 e. The summed E-state index contributed by atoms with van der Waals surface area (Å²) in [6.45, 7) is 7.49. The Morgan fingerprint density at radius 1 is 1.27 bits per heavy atom. The van der Waals surface area contributed by atoms with Gasteiger partial charge in [-0.1, -0.05) is 11.2 Å². The molecule has 10 nitrogen and oxygen atoms in total. The number of ether oxygens (including phenoxy) is 1. The topological polar surface area (TPSA) is 113 Å². The fourth-order valence-corrected chi connectivity index (χ4v) is 4.59. The van der Waals surface area contributed by atoms with Crippen LogP contribution in [-0.2, 0) is 22.3 Å². The first-order valence-electron chi connectivity index (χ1n) is 10.0. The predicted molar refractivity (Wildman–Crippen MR) is 112 cm³/mol. The quantitative estimate of drug-likeness (QED) is 0.483. The van der Waals surface area contributed by atoms with Gasteiger partial charge >= 0.3 is 0 Å². The molecule has 1 saturated heterocycles. The number of hydrogen-bond acceptors (Lipinski definition) is 7. The number of sulfonamides is 1.